The number of unbranched alkanes of at least 4 members (excludes halogenated alkanes) is 8. The minimum Gasteiger partial charge on any atom is -0.467 e. The van der Waals surface area contributed by atoms with Crippen LogP contribution in [0.2, 0.25) is 0 Å². The first-order valence-electron chi connectivity index (χ1n) is 34.6. The standard InChI is InChI=1S/C22H34N2O6P2.C14H24NO4P.C14H24NO3P.C10H22NO3P.C10H22NO2P.4Re/c1-17(25)11-12-20(26)24(22(32(5,6)28)19-10-8-16-30-19)14-13-23(2)21(31(3,4)27)18-9-7-15-29-18;1-12(16)8-5-4-6-10-15(2)14(20(3,17)18)13-9-7-11-19-13;1-12(16)8-5-4-6-10-15(2)14(19(3)17)13-9-7-11-18-13;1-10(12)7-5-4-6-8-11(2)9-15(3,13)14;1-10(12)7-5-4-6-8-11(2)9-14(3)13;;;;/h7-10,15-16,21-22H,11-14H2,1-6H3;7,9,11,14H,4-6,8,10H2,1-3H3,(H,17,18);7,9,11,14,19H,4-6,8,10H2,1-3H3;4-9H2,1-3H3,(H,13,14);14H,4-9H2,1-3H3;;;;. The maximum atomic E-state index is 13.2. The van der Waals surface area contributed by atoms with E-state index in [1.165, 1.54) is 37.7 Å². The van der Waals surface area contributed by atoms with Crippen molar-refractivity contribution in [2.45, 2.75) is 173 Å². The zero-order chi connectivity index (χ0) is 76.4. The second kappa shape index (κ2) is 60.4. The molecule has 4 radical (unpaired) electrons. The summed E-state index contributed by atoms with van der Waals surface area (Å²) in [5.41, 5.74) is 0. The average Bonchev–Trinajstić information content (AvgIpc) is 1.23. The quantitative estimate of drug-likeness (QED) is 0.0307. The van der Waals surface area contributed by atoms with E-state index in [2.05, 4.69) is 9.80 Å². The van der Waals surface area contributed by atoms with Gasteiger partial charge in [0.1, 0.15) is 89.4 Å². The van der Waals surface area contributed by atoms with Crippen LogP contribution in [0.3, 0.4) is 0 Å². The van der Waals surface area contributed by atoms with Gasteiger partial charge in [-0.15, -0.1) is 0 Å². The summed E-state index contributed by atoms with van der Waals surface area (Å²) in [5, 5.41) is 0. The summed E-state index contributed by atoms with van der Waals surface area (Å²) in [7, 11) is -5.33. The van der Waals surface area contributed by atoms with Gasteiger partial charge in [0.05, 0.1) is 46.9 Å². The molecule has 104 heavy (non-hydrogen) atoms. The third-order valence-electron chi connectivity index (χ3n) is 15.7. The van der Waals surface area contributed by atoms with Gasteiger partial charge in [-0.05, 0) is 236 Å². The fourth-order valence-electron chi connectivity index (χ4n) is 11.2. The Balaban J connectivity index is -0.000000403. The van der Waals surface area contributed by atoms with E-state index in [0.717, 1.165) is 109 Å². The van der Waals surface area contributed by atoms with E-state index in [4.69, 9.17) is 22.6 Å². The van der Waals surface area contributed by atoms with Gasteiger partial charge in [0.25, 0.3) is 0 Å². The molecule has 4 aromatic heterocycles. The van der Waals surface area contributed by atoms with Crippen LogP contribution in [0.15, 0.2) is 91.3 Å². The predicted octanol–water partition coefficient (Wildman–Crippen LogP) is 15.9. The minimum absolute atomic E-state index is 0. The second-order valence-electron chi connectivity index (χ2n) is 27.5. The Morgan fingerprint density at radius 2 is 0.740 bits per heavy atom. The van der Waals surface area contributed by atoms with E-state index < -0.39 is 62.0 Å². The van der Waals surface area contributed by atoms with Crippen molar-refractivity contribution in [3.63, 3.8) is 0 Å². The molecule has 1 amide bonds. The number of ketones is 5. The van der Waals surface area contributed by atoms with Gasteiger partial charge in [0.2, 0.25) is 20.6 Å². The molecule has 8 atom stereocenters. The molecule has 34 heteroatoms. The Bertz CT molecular complexity index is 3180. The fourth-order valence-corrected chi connectivity index (χ4v) is 19.5. The molecule has 0 spiro atoms. The first kappa shape index (κ1) is 111. The summed E-state index contributed by atoms with van der Waals surface area (Å²) in [5.74, 6) is 1.01. The maximum absolute atomic E-state index is 13.2. The van der Waals surface area contributed by atoms with Crippen LogP contribution in [0.25, 0.3) is 0 Å². The van der Waals surface area contributed by atoms with Gasteiger partial charge in [-0.25, -0.2) is 0 Å². The molecule has 0 aliphatic carbocycles. The number of hydrogen-bond donors (Lipinski definition) is 2. The molecule has 4 rings (SSSR count). The molecular weight excluding hydrogens is 2140 g/mol. The van der Waals surface area contributed by atoms with E-state index in [1.54, 1.807) is 117 Å². The number of rotatable bonds is 46. The van der Waals surface area contributed by atoms with Crippen molar-refractivity contribution in [1.82, 2.24) is 29.4 Å². The minimum atomic E-state index is -3.31. The fraction of sp³-hybridized carbons (Fsp3) is 0.686. The zero-order valence-electron chi connectivity index (χ0n) is 65.0. The van der Waals surface area contributed by atoms with Crippen LogP contribution in [0, 0.1) is 0 Å². The molecule has 602 valence electrons. The van der Waals surface area contributed by atoms with Gasteiger partial charge >= 0.3 is 0 Å². The van der Waals surface area contributed by atoms with Crippen molar-refractivity contribution in [2.24, 2.45) is 0 Å². The summed E-state index contributed by atoms with van der Waals surface area (Å²) in [4.78, 5) is 98.0. The molecule has 0 aliphatic rings. The third-order valence-corrected chi connectivity index (χ3v) is 24.3. The van der Waals surface area contributed by atoms with Gasteiger partial charge in [0.15, 0.2) is 0 Å². The predicted molar refractivity (Wildman–Crippen MR) is 407 cm³/mol. The molecule has 24 nitrogen and oxygen atoms in total. The second-order valence-corrected chi connectivity index (χ2v) is 42.5. The Kier molecular flexibility index (Phi) is 64.6. The number of amides is 1. The number of nitrogens with zero attached hydrogens (tertiary/aromatic N) is 6. The number of furan rings is 4. The molecule has 0 bridgehead atoms. The van der Waals surface area contributed by atoms with E-state index in [0.29, 0.717) is 56.1 Å². The van der Waals surface area contributed by atoms with E-state index in [-0.39, 0.29) is 148 Å². The molecule has 0 aliphatic heterocycles. The Morgan fingerprint density at radius 3 is 1.06 bits per heavy atom. The van der Waals surface area contributed by atoms with Crippen LogP contribution in [0.4, 0.5) is 0 Å². The monoisotopic (exact) mass is 2270 g/mol. The van der Waals surface area contributed by atoms with Crippen molar-refractivity contribution in [3.8, 4) is 0 Å². The molecule has 0 aromatic carbocycles. The normalized spacial score (nSPS) is 14.1. The average molecular weight is 2270 g/mol. The van der Waals surface area contributed by atoms with Crippen molar-refractivity contribution in [3.05, 3.63) is 96.6 Å². The number of likely N-dealkylation sites (N-methyl/N-ethyl adjacent to an activating group) is 1. The van der Waals surface area contributed by atoms with E-state index in [9.17, 15) is 61.1 Å². The number of hydrogen-bond acceptors (Lipinski definition) is 21. The largest absolute Gasteiger partial charge is 0.467 e. The first-order valence-corrected chi connectivity index (χ1v) is 48.5. The van der Waals surface area contributed by atoms with Crippen molar-refractivity contribution >= 4 is 79.4 Å². The van der Waals surface area contributed by atoms with Crippen LogP contribution in [-0.4, -0.2) is 214 Å². The summed E-state index contributed by atoms with van der Waals surface area (Å²) in [6.45, 7) is 24.8. The van der Waals surface area contributed by atoms with Gasteiger partial charge in [-0.1, -0.05) is 25.7 Å². The van der Waals surface area contributed by atoms with Gasteiger partial charge in [-0.3, -0.25) is 38.4 Å². The molecule has 2 N–H and O–H groups in total. The van der Waals surface area contributed by atoms with Gasteiger partial charge in [-0.2, -0.15) is 0 Å². The zero-order valence-corrected chi connectivity index (χ0v) is 81.5. The van der Waals surface area contributed by atoms with E-state index >= 15 is 0 Å². The Hall–Kier alpha value is -1.31. The number of Topliss-reactive ketones (excluding diaryl/α,β-unsaturated/α-hetero) is 5. The molecule has 0 saturated heterocycles. The molecule has 4 aromatic rings. The summed E-state index contributed by atoms with van der Waals surface area (Å²) in [6, 6.07) is 14.1. The summed E-state index contributed by atoms with van der Waals surface area (Å²) >= 11 is 0. The van der Waals surface area contributed by atoms with Gasteiger partial charge < -0.3 is 74.6 Å². The van der Waals surface area contributed by atoms with Crippen molar-refractivity contribution < 1.29 is 165 Å². The van der Waals surface area contributed by atoms with Crippen LogP contribution in [0.5, 0.6) is 0 Å². The Morgan fingerprint density at radius 1 is 0.413 bits per heavy atom. The SMILES string of the molecule is CC(=O)CCC(=O)N(CCN(C)C(c1ccco1)P(C)(C)=O)C(c1ccco1)P(C)(C)=O.CC(=O)CCCCCN(C)C(c1ccco1)P(C)(=O)O.CC(=O)CCCCCN(C)C(c1ccco1)[PH](C)=O.CC(=O)CCCCCN(C)CP(C)(=O)O.CC(=O)CCCCCN(C)C[PH](C)=O.[Re].[Re].[Re].[Re]. The van der Waals surface area contributed by atoms with Gasteiger partial charge in [0, 0.05) is 153 Å². The van der Waals surface area contributed by atoms with Crippen molar-refractivity contribution in [2.75, 3.05) is 140 Å². The van der Waals surface area contributed by atoms with Crippen LogP contribution in [0.1, 0.15) is 196 Å². The first-order chi connectivity index (χ1) is 46.5. The molecule has 4 heterocycles. The summed E-state index contributed by atoms with van der Waals surface area (Å²) < 4.78 is 93.9. The molecule has 0 saturated carbocycles. The summed E-state index contributed by atoms with van der Waals surface area (Å²) in [6.07, 6.45) is 21.6. The topological polar surface area (TPSA) is 317 Å². The number of carbonyl (C=O) groups excluding carboxylic acids is 6. The van der Waals surface area contributed by atoms with E-state index in [1.807, 2.05) is 62.1 Å². The van der Waals surface area contributed by atoms with Crippen LogP contribution < -0.4 is 0 Å². The molecular formula is C70H126N6O18P6Re4. The molecule has 0 fully saturated rings. The Labute approximate surface area is 678 Å². The number of carbonyl (C=O) groups is 6. The van der Waals surface area contributed by atoms with Crippen LogP contribution >= 0.6 is 44.6 Å². The van der Waals surface area contributed by atoms with Crippen molar-refractivity contribution in [1.29, 1.82) is 0 Å². The van der Waals surface area contributed by atoms with Crippen LogP contribution in [-0.2, 0) is 138 Å². The molecule has 8 unspecified atom stereocenters. The third kappa shape index (κ3) is 54.3. The smallest absolute Gasteiger partial charge is 0.224 e. The maximum Gasteiger partial charge on any atom is 0.224 e.